The van der Waals surface area contributed by atoms with Crippen LogP contribution in [0.4, 0.5) is 0 Å². The monoisotopic (exact) mass is 257 g/mol. The SMILES string of the molecule is CCN1CCC[C@@H]1CNC(=O)C(=O)NCCOC. The summed E-state index contributed by atoms with van der Waals surface area (Å²) in [6.07, 6.45) is 2.24. The Kier molecular flexibility index (Phi) is 6.67. The zero-order chi connectivity index (χ0) is 13.4. The van der Waals surface area contributed by atoms with Gasteiger partial charge in [-0.3, -0.25) is 14.5 Å². The highest BCUT2D eigenvalue weighted by atomic mass is 16.5. The molecule has 0 saturated carbocycles. The van der Waals surface area contributed by atoms with E-state index in [2.05, 4.69) is 22.5 Å². The Balaban J connectivity index is 2.21. The molecule has 6 heteroatoms. The summed E-state index contributed by atoms with van der Waals surface area (Å²) in [5.74, 6) is -1.15. The molecule has 18 heavy (non-hydrogen) atoms. The molecule has 0 radical (unpaired) electrons. The Bertz CT molecular complexity index is 284. The van der Waals surface area contributed by atoms with Crippen molar-refractivity contribution in [2.24, 2.45) is 0 Å². The highest BCUT2D eigenvalue weighted by Crippen LogP contribution is 2.15. The van der Waals surface area contributed by atoms with Gasteiger partial charge in [-0.15, -0.1) is 0 Å². The fourth-order valence-corrected chi connectivity index (χ4v) is 2.18. The van der Waals surface area contributed by atoms with Gasteiger partial charge in [0.1, 0.15) is 0 Å². The van der Waals surface area contributed by atoms with E-state index >= 15 is 0 Å². The van der Waals surface area contributed by atoms with E-state index in [9.17, 15) is 9.59 Å². The lowest BCUT2D eigenvalue weighted by Crippen LogP contribution is -2.46. The molecule has 0 aliphatic carbocycles. The van der Waals surface area contributed by atoms with Gasteiger partial charge in [0.15, 0.2) is 0 Å². The van der Waals surface area contributed by atoms with E-state index in [1.54, 1.807) is 7.11 Å². The molecule has 2 N–H and O–H groups in total. The van der Waals surface area contributed by atoms with Crippen LogP contribution in [0.5, 0.6) is 0 Å². The summed E-state index contributed by atoms with van der Waals surface area (Å²) in [6.45, 7) is 5.48. The number of nitrogens with zero attached hydrogens (tertiary/aromatic N) is 1. The molecule has 0 spiro atoms. The quantitative estimate of drug-likeness (QED) is 0.490. The molecule has 0 aromatic heterocycles. The molecule has 1 aliphatic heterocycles. The topological polar surface area (TPSA) is 70.7 Å². The van der Waals surface area contributed by atoms with Crippen LogP contribution in [0, 0.1) is 0 Å². The first-order valence-corrected chi connectivity index (χ1v) is 6.48. The predicted octanol–water partition coefficient (Wildman–Crippen LogP) is -0.650. The van der Waals surface area contributed by atoms with Gasteiger partial charge in [0, 0.05) is 26.2 Å². The van der Waals surface area contributed by atoms with E-state index in [0.717, 1.165) is 25.9 Å². The molecule has 0 aromatic carbocycles. The molecule has 0 aromatic rings. The molecule has 104 valence electrons. The van der Waals surface area contributed by atoms with E-state index in [0.29, 0.717) is 25.7 Å². The Morgan fingerprint density at radius 1 is 1.33 bits per heavy atom. The second-order valence-corrected chi connectivity index (χ2v) is 4.38. The van der Waals surface area contributed by atoms with Gasteiger partial charge < -0.3 is 15.4 Å². The van der Waals surface area contributed by atoms with Crippen molar-refractivity contribution in [2.75, 3.05) is 39.9 Å². The second kappa shape index (κ2) is 8.05. The Morgan fingerprint density at radius 2 is 2.06 bits per heavy atom. The first-order chi connectivity index (χ1) is 8.69. The van der Waals surface area contributed by atoms with Gasteiger partial charge in [-0.25, -0.2) is 0 Å². The fourth-order valence-electron chi connectivity index (χ4n) is 2.18. The molecule has 0 bridgehead atoms. The van der Waals surface area contributed by atoms with Gasteiger partial charge in [-0.1, -0.05) is 6.92 Å². The number of methoxy groups -OCH3 is 1. The molecular weight excluding hydrogens is 234 g/mol. The number of ether oxygens (including phenoxy) is 1. The smallest absolute Gasteiger partial charge is 0.309 e. The van der Waals surface area contributed by atoms with E-state index < -0.39 is 11.8 Å². The lowest BCUT2D eigenvalue weighted by molar-refractivity contribution is -0.139. The lowest BCUT2D eigenvalue weighted by Gasteiger charge is -2.22. The lowest BCUT2D eigenvalue weighted by atomic mass is 10.2. The summed E-state index contributed by atoms with van der Waals surface area (Å²) in [6, 6.07) is 0.366. The molecule has 1 rings (SSSR count). The third-order valence-corrected chi connectivity index (χ3v) is 3.20. The Hall–Kier alpha value is -1.14. The number of rotatable bonds is 6. The summed E-state index contributed by atoms with van der Waals surface area (Å²) in [4.78, 5) is 25.2. The van der Waals surface area contributed by atoms with Gasteiger partial charge in [0.05, 0.1) is 6.61 Å². The van der Waals surface area contributed by atoms with Gasteiger partial charge in [0.2, 0.25) is 0 Å². The fraction of sp³-hybridized carbons (Fsp3) is 0.833. The number of hydrogen-bond acceptors (Lipinski definition) is 4. The average Bonchev–Trinajstić information content (AvgIpc) is 2.83. The van der Waals surface area contributed by atoms with Gasteiger partial charge in [-0.2, -0.15) is 0 Å². The first-order valence-electron chi connectivity index (χ1n) is 6.48. The molecule has 1 saturated heterocycles. The molecular formula is C12H23N3O3. The molecule has 1 aliphatic rings. The van der Waals surface area contributed by atoms with Crippen LogP contribution in [-0.4, -0.2) is 62.7 Å². The molecule has 0 unspecified atom stereocenters. The van der Waals surface area contributed by atoms with Crippen LogP contribution < -0.4 is 10.6 Å². The van der Waals surface area contributed by atoms with Crippen LogP contribution in [-0.2, 0) is 14.3 Å². The normalized spacial score (nSPS) is 19.8. The zero-order valence-corrected chi connectivity index (χ0v) is 11.2. The maximum atomic E-state index is 11.5. The minimum atomic E-state index is -0.590. The number of carbonyl (C=O) groups is 2. The van der Waals surface area contributed by atoms with Crippen molar-refractivity contribution >= 4 is 11.8 Å². The van der Waals surface area contributed by atoms with Crippen molar-refractivity contribution < 1.29 is 14.3 Å². The van der Waals surface area contributed by atoms with Gasteiger partial charge in [0.25, 0.3) is 0 Å². The van der Waals surface area contributed by atoms with Crippen molar-refractivity contribution in [3.63, 3.8) is 0 Å². The second-order valence-electron chi connectivity index (χ2n) is 4.38. The predicted molar refractivity (Wildman–Crippen MR) is 68.2 cm³/mol. The minimum Gasteiger partial charge on any atom is -0.383 e. The van der Waals surface area contributed by atoms with Crippen LogP contribution in [0.1, 0.15) is 19.8 Å². The van der Waals surface area contributed by atoms with Crippen molar-refractivity contribution in [3.05, 3.63) is 0 Å². The molecule has 6 nitrogen and oxygen atoms in total. The molecule has 1 atom stereocenters. The van der Waals surface area contributed by atoms with Crippen LogP contribution in [0.3, 0.4) is 0 Å². The Labute approximate surface area is 108 Å². The molecule has 1 heterocycles. The highest BCUT2D eigenvalue weighted by molar-refractivity contribution is 6.35. The van der Waals surface area contributed by atoms with Crippen LogP contribution >= 0.6 is 0 Å². The third-order valence-electron chi connectivity index (χ3n) is 3.20. The number of nitrogens with one attached hydrogen (secondary N) is 2. The van der Waals surface area contributed by atoms with E-state index in [4.69, 9.17) is 4.74 Å². The van der Waals surface area contributed by atoms with Crippen molar-refractivity contribution in [3.8, 4) is 0 Å². The first kappa shape index (κ1) is 14.9. The molecule has 2 amide bonds. The average molecular weight is 257 g/mol. The summed E-state index contributed by atoms with van der Waals surface area (Å²) < 4.78 is 4.79. The Morgan fingerprint density at radius 3 is 2.72 bits per heavy atom. The summed E-state index contributed by atoms with van der Waals surface area (Å²) >= 11 is 0. The highest BCUT2D eigenvalue weighted by Gasteiger charge is 2.24. The van der Waals surface area contributed by atoms with E-state index in [1.807, 2.05) is 0 Å². The summed E-state index contributed by atoms with van der Waals surface area (Å²) in [5, 5.41) is 5.18. The maximum absolute atomic E-state index is 11.5. The summed E-state index contributed by atoms with van der Waals surface area (Å²) in [5.41, 5.74) is 0. The summed E-state index contributed by atoms with van der Waals surface area (Å²) in [7, 11) is 1.55. The zero-order valence-electron chi connectivity index (χ0n) is 11.2. The largest absolute Gasteiger partial charge is 0.383 e. The minimum absolute atomic E-state index is 0.354. The molecule has 1 fully saturated rings. The number of likely N-dealkylation sites (tertiary alicyclic amines) is 1. The van der Waals surface area contributed by atoms with Crippen LogP contribution in [0.15, 0.2) is 0 Å². The third kappa shape index (κ3) is 4.62. The number of amides is 2. The van der Waals surface area contributed by atoms with Crippen molar-refractivity contribution in [1.82, 2.24) is 15.5 Å². The van der Waals surface area contributed by atoms with Crippen molar-refractivity contribution in [2.45, 2.75) is 25.8 Å². The standard InChI is InChI=1S/C12H23N3O3/c1-3-15-7-4-5-10(15)9-14-12(17)11(16)13-6-8-18-2/h10H,3-9H2,1-2H3,(H,13,16)(H,14,17)/t10-/m1/s1. The number of hydrogen-bond donors (Lipinski definition) is 2. The number of carbonyl (C=O) groups excluding carboxylic acids is 2. The van der Waals surface area contributed by atoms with Crippen LogP contribution in [0.25, 0.3) is 0 Å². The van der Waals surface area contributed by atoms with Gasteiger partial charge >= 0.3 is 11.8 Å². The maximum Gasteiger partial charge on any atom is 0.309 e. The van der Waals surface area contributed by atoms with Crippen LogP contribution in [0.2, 0.25) is 0 Å². The van der Waals surface area contributed by atoms with Crippen molar-refractivity contribution in [1.29, 1.82) is 0 Å². The van der Waals surface area contributed by atoms with Gasteiger partial charge in [-0.05, 0) is 25.9 Å². The van der Waals surface area contributed by atoms with E-state index in [-0.39, 0.29) is 0 Å². The van der Waals surface area contributed by atoms with E-state index in [1.165, 1.54) is 0 Å². The number of likely N-dealkylation sites (N-methyl/N-ethyl adjacent to an activating group) is 1.